The van der Waals surface area contributed by atoms with Gasteiger partial charge in [0, 0.05) is 54.2 Å². The Morgan fingerprint density at radius 1 is 1.11 bits per heavy atom. The van der Waals surface area contributed by atoms with Gasteiger partial charge in [-0.1, -0.05) is 30.3 Å². The maximum Gasteiger partial charge on any atom is 0.253 e. The van der Waals surface area contributed by atoms with Crippen LogP contribution >= 0.6 is 11.3 Å². The number of rotatable bonds is 5. The summed E-state index contributed by atoms with van der Waals surface area (Å²) < 4.78 is 11.0. The van der Waals surface area contributed by atoms with Crippen molar-refractivity contribution >= 4 is 32.6 Å². The van der Waals surface area contributed by atoms with E-state index in [2.05, 4.69) is 47.0 Å². The average Bonchev–Trinajstić information content (AvgIpc) is 3.46. The summed E-state index contributed by atoms with van der Waals surface area (Å²) in [5, 5.41) is 10.8. The van der Waals surface area contributed by atoms with E-state index in [1.807, 2.05) is 19.2 Å². The molecule has 196 valence electrons. The molecule has 1 saturated heterocycles. The summed E-state index contributed by atoms with van der Waals surface area (Å²) in [6, 6.07) is 17.2. The van der Waals surface area contributed by atoms with E-state index < -0.39 is 5.60 Å². The van der Waals surface area contributed by atoms with E-state index in [1.165, 1.54) is 5.56 Å². The quantitative estimate of drug-likeness (QED) is 0.297. The van der Waals surface area contributed by atoms with Gasteiger partial charge < -0.3 is 19.0 Å². The van der Waals surface area contributed by atoms with Crippen LogP contribution in [0.3, 0.4) is 0 Å². The highest BCUT2D eigenvalue weighted by Crippen LogP contribution is 2.45. The Balaban J connectivity index is 1.65. The largest absolute Gasteiger partial charge is 0.386 e. The zero-order chi connectivity index (χ0) is 26.6. The van der Waals surface area contributed by atoms with E-state index in [-0.39, 0.29) is 11.6 Å². The van der Waals surface area contributed by atoms with Crippen LogP contribution in [0.5, 0.6) is 0 Å². The summed E-state index contributed by atoms with van der Waals surface area (Å²) in [6.07, 6.45) is 5.68. The Hall–Kier alpha value is -3.26. The highest BCUT2D eigenvalue weighted by atomic mass is 32.1. The molecule has 0 bridgehead atoms. The zero-order valence-corrected chi connectivity index (χ0v) is 23.1. The van der Waals surface area contributed by atoms with Crippen molar-refractivity contribution in [1.29, 1.82) is 0 Å². The Morgan fingerprint density at radius 3 is 2.53 bits per heavy atom. The molecular weight excluding hydrogens is 494 g/mol. The fraction of sp³-hybridized carbons (Fsp3) is 0.355. The van der Waals surface area contributed by atoms with Gasteiger partial charge in [-0.25, -0.2) is 0 Å². The predicted octanol–water partition coefficient (Wildman–Crippen LogP) is 6.17. The van der Waals surface area contributed by atoms with Gasteiger partial charge in [-0.05, 0) is 63.3 Å². The van der Waals surface area contributed by atoms with Crippen molar-refractivity contribution in [2.75, 3.05) is 13.2 Å². The molecule has 5 heterocycles. The molecule has 5 aromatic rings. The fourth-order valence-electron chi connectivity index (χ4n) is 5.77. The molecule has 38 heavy (non-hydrogen) atoms. The second-order valence-corrected chi connectivity index (χ2v) is 12.0. The third-order valence-corrected chi connectivity index (χ3v) is 8.98. The minimum absolute atomic E-state index is 0.0225. The first-order chi connectivity index (χ1) is 18.2. The molecule has 1 aliphatic rings. The predicted molar refractivity (Wildman–Crippen MR) is 154 cm³/mol. The summed E-state index contributed by atoms with van der Waals surface area (Å²) in [5.74, 6) is 0.402. The minimum Gasteiger partial charge on any atom is -0.386 e. The first-order valence-corrected chi connectivity index (χ1v) is 14.0. The summed E-state index contributed by atoms with van der Waals surface area (Å²) in [4.78, 5) is 18.4. The van der Waals surface area contributed by atoms with Crippen LogP contribution in [-0.4, -0.2) is 32.4 Å². The first-order valence-electron chi connectivity index (χ1n) is 13.2. The van der Waals surface area contributed by atoms with Crippen molar-refractivity contribution in [3.05, 3.63) is 88.0 Å². The summed E-state index contributed by atoms with van der Waals surface area (Å²) in [5.41, 5.74) is 5.95. The third-order valence-electron chi connectivity index (χ3n) is 7.80. The lowest BCUT2D eigenvalue weighted by Gasteiger charge is -2.33. The fourth-order valence-corrected chi connectivity index (χ4v) is 6.91. The Labute approximate surface area is 226 Å². The molecule has 0 spiro atoms. The topological polar surface area (TPSA) is 69.3 Å². The molecule has 6 nitrogen and oxygen atoms in total. The van der Waals surface area contributed by atoms with Crippen LogP contribution in [0.1, 0.15) is 49.4 Å². The second-order valence-electron chi connectivity index (χ2n) is 11.0. The molecule has 0 radical (unpaired) electrons. The average molecular weight is 528 g/mol. The van der Waals surface area contributed by atoms with Crippen LogP contribution in [0, 0.1) is 12.8 Å². The van der Waals surface area contributed by atoms with Gasteiger partial charge in [0.05, 0.1) is 27.4 Å². The molecule has 1 atom stereocenters. The maximum atomic E-state index is 12.4. The number of benzene rings is 1. The van der Waals surface area contributed by atoms with Crippen LogP contribution in [0.4, 0.5) is 0 Å². The van der Waals surface area contributed by atoms with E-state index in [1.54, 1.807) is 43.0 Å². The van der Waals surface area contributed by atoms with Crippen LogP contribution in [0.25, 0.3) is 31.7 Å². The van der Waals surface area contributed by atoms with Gasteiger partial charge in [-0.2, -0.15) is 0 Å². The highest BCUT2D eigenvalue weighted by Gasteiger charge is 2.31. The lowest BCUT2D eigenvalue weighted by molar-refractivity contribution is 0.0552. The van der Waals surface area contributed by atoms with Crippen molar-refractivity contribution in [1.82, 2.24) is 14.1 Å². The SMILES string of the molecule is Cc1cc(-c2cc3c(s2)c2ncc(C(C)(C)O)cc2n3C(c2ccccc2)C2CCOCC2)cn(C)c1=O. The molecule has 1 unspecified atom stereocenters. The zero-order valence-electron chi connectivity index (χ0n) is 22.3. The standard InChI is InChI=1S/C31H33N3O3S/c1-19-14-22(18-33(4)30(19)35)26-16-25-29(38-26)27-24(15-23(17-32-27)31(2,3)36)34(25)28(20-8-6-5-7-9-20)21-10-12-37-13-11-21/h5-9,14-18,21,28,36H,10-13H2,1-4H3. The Bertz CT molecular complexity index is 1660. The van der Waals surface area contributed by atoms with Crippen molar-refractivity contribution in [2.45, 2.75) is 45.3 Å². The lowest BCUT2D eigenvalue weighted by Crippen LogP contribution is -2.27. The molecule has 0 amide bonds. The molecule has 6 rings (SSSR count). The van der Waals surface area contributed by atoms with Crippen molar-refractivity contribution in [3.63, 3.8) is 0 Å². The van der Waals surface area contributed by atoms with Gasteiger partial charge in [-0.3, -0.25) is 9.78 Å². The van der Waals surface area contributed by atoms with Crippen LogP contribution in [0.2, 0.25) is 0 Å². The van der Waals surface area contributed by atoms with E-state index in [0.29, 0.717) is 5.92 Å². The molecule has 0 saturated carbocycles. The molecule has 1 fully saturated rings. The molecular formula is C31H33N3O3S. The van der Waals surface area contributed by atoms with Crippen molar-refractivity contribution in [2.24, 2.45) is 13.0 Å². The number of aliphatic hydroxyl groups is 1. The number of pyridine rings is 2. The lowest BCUT2D eigenvalue weighted by atomic mass is 9.86. The number of ether oxygens (including phenoxy) is 1. The highest BCUT2D eigenvalue weighted by molar-refractivity contribution is 7.23. The van der Waals surface area contributed by atoms with Gasteiger partial charge in [0.15, 0.2) is 0 Å². The number of thiophene rings is 1. The van der Waals surface area contributed by atoms with E-state index >= 15 is 0 Å². The molecule has 1 aliphatic heterocycles. The van der Waals surface area contributed by atoms with Gasteiger partial charge in [-0.15, -0.1) is 11.3 Å². The maximum absolute atomic E-state index is 12.4. The number of aryl methyl sites for hydroxylation is 2. The van der Waals surface area contributed by atoms with Crippen LogP contribution in [-0.2, 0) is 17.4 Å². The van der Waals surface area contributed by atoms with Gasteiger partial charge in [0.1, 0.15) is 5.52 Å². The number of hydrogen-bond donors (Lipinski definition) is 1. The summed E-state index contributed by atoms with van der Waals surface area (Å²) >= 11 is 1.71. The molecule has 0 aliphatic carbocycles. The van der Waals surface area contributed by atoms with Crippen molar-refractivity contribution in [3.8, 4) is 10.4 Å². The summed E-state index contributed by atoms with van der Waals surface area (Å²) in [7, 11) is 1.80. The van der Waals surface area contributed by atoms with Crippen LogP contribution < -0.4 is 5.56 Å². The molecule has 7 heteroatoms. The van der Waals surface area contributed by atoms with E-state index in [0.717, 1.165) is 68.9 Å². The Morgan fingerprint density at radius 2 is 1.84 bits per heavy atom. The van der Waals surface area contributed by atoms with Gasteiger partial charge >= 0.3 is 0 Å². The van der Waals surface area contributed by atoms with Gasteiger partial charge in [0.25, 0.3) is 5.56 Å². The first kappa shape index (κ1) is 25.0. The molecule has 4 aromatic heterocycles. The van der Waals surface area contributed by atoms with Crippen LogP contribution in [0.15, 0.2) is 65.7 Å². The van der Waals surface area contributed by atoms with Gasteiger partial charge in [0.2, 0.25) is 0 Å². The number of hydrogen-bond acceptors (Lipinski definition) is 5. The Kier molecular flexibility index (Phi) is 6.25. The smallest absolute Gasteiger partial charge is 0.253 e. The summed E-state index contributed by atoms with van der Waals surface area (Å²) in [6.45, 7) is 6.99. The van der Waals surface area contributed by atoms with Crippen molar-refractivity contribution < 1.29 is 9.84 Å². The minimum atomic E-state index is -0.998. The monoisotopic (exact) mass is 527 g/mol. The number of aromatic nitrogens is 3. The van der Waals surface area contributed by atoms with E-state index in [4.69, 9.17) is 9.72 Å². The molecule has 1 N–H and O–H groups in total. The van der Waals surface area contributed by atoms with E-state index in [9.17, 15) is 9.90 Å². The number of nitrogens with zero attached hydrogens (tertiary/aromatic N) is 3. The second kappa shape index (κ2) is 9.49. The number of fused-ring (bicyclic) bond motifs is 3. The third kappa shape index (κ3) is 4.28. The molecule has 1 aromatic carbocycles. The normalized spacial score (nSPS) is 15.9.